The van der Waals surface area contributed by atoms with Crippen LogP contribution < -0.4 is 5.32 Å². The van der Waals surface area contributed by atoms with E-state index in [1.165, 1.54) is 4.57 Å². The number of nitroso groups, excluding NO2 is 1. The number of hydrogen-bond donors (Lipinski definition) is 2. The van der Waals surface area contributed by atoms with Crippen LogP contribution in [0.1, 0.15) is 0 Å². The Balaban J connectivity index is 1.99. The van der Waals surface area contributed by atoms with E-state index in [4.69, 9.17) is 23.8 Å². The maximum atomic E-state index is 11.6. The van der Waals surface area contributed by atoms with Crippen molar-refractivity contribution in [3.05, 3.63) is 29.2 Å². The number of thiocarbonyl (C=S) groups is 1. The molecule has 0 radical (unpaired) electrons. The molecule has 0 aliphatic carbocycles. The first kappa shape index (κ1) is 16.2. The van der Waals surface area contributed by atoms with Gasteiger partial charge in [0.15, 0.2) is 20.6 Å². The lowest BCUT2D eigenvalue weighted by Gasteiger charge is -2.18. The Labute approximate surface area is 142 Å². The van der Waals surface area contributed by atoms with Crippen LogP contribution in [-0.4, -0.2) is 46.1 Å². The first-order valence-corrected chi connectivity index (χ1v) is 9.32. The van der Waals surface area contributed by atoms with E-state index in [0.717, 1.165) is 0 Å². The summed E-state index contributed by atoms with van der Waals surface area (Å²) < 4.78 is 24.5. The second-order valence-electron chi connectivity index (χ2n) is 5.26. The van der Waals surface area contributed by atoms with Crippen LogP contribution >= 0.6 is 23.8 Å². The molecule has 0 saturated carbocycles. The second kappa shape index (κ2) is 5.73. The molecule has 10 heteroatoms. The molecular weight excluding hydrogens is 362 g/mol. The van der Waals surface area contributed by atoms with Crippen molar-refractivity contribution >= 4 is 55.4 Å². The van der Waals surface area contributed by atoms with E-state index < -0.39 is 27.1 Å². The summed E-state index contributed by atoms with van der Waals surface area (Å²) in [5.41, 5.74) is 0.371. The third-order valence-electron chi connectivity index (χ3n) is 3.71. The number of para-hydroxylation sites is 1. The van der Waals surface area contributed by atoms with E-state index in [1.807, 2.05) is 0 Å². The van der Waals surface area contributed by atoms with E-state index in [2.05, 4.69) is 10.5 Å². The Hall–Kier alpha value is -1.71. The van der Waals surface area contributed by atoms with Crippen molar-refractivity contribution in [1.29, 1.82) is 0 Å². The van der Waals surface area contributed by atoms with Gasteiger partial charge in [-0.1, -0.05) is 18.2 Å². The van der Waals surface area contributed by atoms with Crippen LogP contribution in [0.15, 0.2) is 29.4 Å². The summed E-state index contributed by atoms with van der Waals surface area (Å²) >= 11 is 11.3. The van der Waals surface area contributed by atoms with Crippen molar-refractivity contribution in [2.24, 2.45) is 5.18 Å². The molecule has 23 heavy (non-hydrogen) atoms. The Kier molecular flexibility index (Phi) is 4.03. The number of hydrogen-bond acceptors (Lipinski definition) is 6. The average Bonchev–Trinajstić information content (AvgIpc) is 2.90. The molecule has 0 spiro atoms. The maximum Gasteiger partial charge on any atom is 0.229 e. The van der Waals surface area contributed by atoms with Crippen LogP contribution in [0.4, 0.5) is 5.69 Å². The monoisotopic (exact) mass is 373 g/mol. The Bertz CT molecular complexity index is 909. The summed E-state index contributed by atoms with van der Waals surface area (Å²) in [6.07, 6.45) is 0. The first-order chi connectivity index (χ1) is 10.8. The summed E-state index contributed by atoms with van der Waals surface area (Å²) in [7, 11) is -3.22. The lowest BCUT2D eigenvalue weighted by Crippen LogP contribution is -2.42. The molecule has 1 aliphatic rings. The van der Waals surface area contributed by atoms with E-state index in [0.29, 0.717) is 10.9 Å². The minimum atomic E-state index is -3.22. The number of alkyl halides is 1. The van der Waals surface area contributed by atoms with Crippen LogP contribution in [-0.2, 0) is 9.84 Å². The molecule has 7 nitrogen and oxygen atoms in total. The van der Waals surface area contributed by atoms with E-state index >= 15 is 0 Å². The second-order valence-corrected chi connectivity index (χ2v) is 8.37. The molecule has 2 aromatic rings. The number of nitrogens with one attached hydrogen (secondary N) is 1. The molecule has 0 bridgehead atoms. The van der Waals surface area contributed by atoms with Crippen molar-refractivity contribution in [3.63, 3.8) is 0 Å². The number of nitrogens with zero attached hydrogens (tertiary/aromatic N) is 2. The first-order valence-electron chi connectivity index (χ1n) is 6.65. The zero-order valence-electron chi connectivity index (χ0n) is 11.6. The van der Waals surface area contributed by atoms with Crippen LogP contribution in [0.3, 0.4) is 0 Å². The van der Waals surface area contributed by atoms with Crippen LogP contribution in [0, 0.1) is 4.91 Å². The smallest absolute Gasteiger partial charge is 0.229 e. The number of rotatable bonds is 2. The number of aromatic hydroxyl groups is 1. The molecule has 2 heterocycles. The van der Waals surface area contributed by atoms with Gasteiger partial charge in [-0.2, -0.15) is 0 Å². The molecule has 2 atom stereocenters. The standard InChI is InChI=1S/C13H12ClN3O4S2/c14-8-5-23(20,21)6-9(8)15-13(22)17-10-4-2-1-3-7(10)11(16-19)12(17)18/h1-4,8-9,18H,5-6H2,(H,15,22). The molecule has 2 unspecified atom stereocenters. The fraction of sp³-hybridized carbons (Fsp3) is 0.308. The fourth-order valence-electron chi connectivity index (χ4n) is 2.66. The third-order valence-corrected chi connectivity index (χ3v) is 6.39. The van der Waals surface area contributed by atoms with Crippen LogP contribution in [0.25, 0.3) is 10.9 Å². The Morgan fingerprint density at radius 3 is 2.70 bits per heavy atom. The molecule has 2 N–H and O–H groups in total. The summed E-state index contributed by atoms with van der Waals surface area (Å²) in [5, 5.41) is 15.8. The third kappa shape index (κ3) is 2.79. The van der Waals surface area contributed by atoms with Crippen molar-refractivity contribution in [1.82, 2.24) is 9.88 Å². The van der Waals surface area contributed by atoms with Gasteiger partial charge in [0, 0.05) is 5.39 Å². The Morgan fingerprint density at radius 2 is 2.09 bits per heavy atom. The maximum absolute atomic E-state index is 11.6. The summed E-state index contributed by atoms with van der Waals surface area (Å²) in [5.74, 6) is -0.667. The van der Waals surface area contributed by atoms with Crippen molar-refractivity contribution in [3.8, 4) is 5.88 Å². The predicted molar refractivity (Wildman–Crippen MR) is 92.3 cm³/mol. The highest BCUT2D eigenvalue weighted by Gasteiger charge is 2.37. The molecule has 0 amide bonds. The van der Waals surface area contributed by atoms with Gasteiger partial charge in [-0.05, 0) is 23.5 Å². The number of aromatic nitrogens is 1. The zero-order chi connectivity index (χ0) is 16.8. The van der Waals surface area contributed by atoms with Gasteiger partial charge in [0.05, 0.1) is 28.4 Å². The average molecular weight is 374 g/mol. The summed E-state index contributed by atoms with van der Waals surface area (Å²) in [4.78, 5) is 11.0. The predicted octanol–water partition coefficient (Wildman–Crippen LogP) is 1.87. The highest BCUT2D eigenvalue weighted by atomic mass is 35.5. The van der Waals surface area contributed by atoms with E-state index in [-0.39, 0.29) is 22.3 Å². The summed E-state index contributed by atoms with van der Waals surface area (Å²) in [6, 6.07) is 6.16. The number of fused-ring (bicyclic) bond motifs is 1. The number of benzene rings is 1. The molecule has 1 aromatic carbocycles. The van der Waals surface area contributed by atoms with Crippen molar-refractivity contribution < 1.29 is 13.5 Å². The molecule has 1 aliphatic heterocycles. The number of halogens is 1. The van der Waals surface area contributed by atoms with E-state index in [9.17, 15) is 18.4 Å². The largest absolute Gasteiger partial charge is 0.493 e. The molecule has 122 valence electrons. The normalized spacial score (nSPS) is 23.0. The van der Waals surface area contributed by atoms with Gasteiger partial charge in [0.2, 0.25) is 5.88 Å². The highest BCUT2D eigenvalue weighted by Crippen LogP contribution is 2.38. The van der Waals surface area contributed by atoms with Gasteiger partial charge in [0.1, 0.15) is 0 Å². The van der Waals surface area contributed by atoms with Gasteiger partial charge in [-0.25, -0.2) is 8.42 Å². The topological polar surface area (TPSA) is 101 Å². The highest BCUT2D eigenvalue weighted by molar-refractivity contribution is 7.91. The number of sulfone groups is 1. The fourth-order valence-corrected chi connectivity index (χ4v) is 5.55. The zero-order valence-corrected chi connectivity index (χ0v) is 14.0. The van der Waals surface area contributed by atoms with Crippen molar-refractivity contribution in [2.45, 2.75) is 11.4 Å². The molecule has 1 saturated heterocycles. The van der Waals surface area contributed by atoms with Crippen LogP contribution in [0.5, 0.6) is 5.88 Å². The lowest BCUT2D eigenvalue weighted by molar-refractivity contribution is 0.449. The summed E-state index contributed by atoms with van der Waals surface area (Å²) in [6.45, 7) is 0. The Morgan fingerprint density at radius 1 is 1.39 bits per heavy atom. The molecule has 1 fully saturated rings. The molecule has 3 rings (SSSR count). The van der Waals surface area contributed by atoms with Crippen molar-refractivity contribution in [2.75, 3.05) is 11.5 Å². The molecular formula is C13H12ClN3O4S2. The van der Waals surface area contributed by atoms with Gasteiger partial charge < -0.3 is 10.4 Å². The minimum Gasteiger partial charge on any atom is -0.493 e. The van der Waals surface area contributed by atoms with E-state index in [1.54, 1.807) is 24.3 Å². The quantitative estimate of drug-likeness (QED) is 0.473. The van der Waals surface area contributed by atoms with Gasteiger partial charge in [-0.15, -0.1) is 16.5 Å². The molecule has 1 aromatic heterocycles. The van der Waals surface area contributed by atoms with Gasteiger partial charge in [-0.3, -0.25) is 4.57 Å². The van der Waals surface area contributed by atoms with Gasteiger partial charge in [0.25, 0.3) is 0 Å². The minimum absolute atomic E-state index is 0.0568. The SMILES string of the molecule is O=Nc1c(O)n(C(=S)NC2CS(=O)(=O)CC2Cl)c2ccccc12. The van der Waals surface area contributed by atoms with Gasteiger partial charge >= 0.3 is 0 Å². The van der Waals surface area contributed by atoms with Crippen LogP contribution in [0.2, 0.25) is 0 Å². The lowest BCUT2D eigenvalue weighted by atomic mass is 10.2.